The first kappa shape index (κ1) is 19.0. The lowest BCUT2D eigenvalue weighted by Crippen LogP contribution is -2.15. The number of hydrogen-bond acceptors (Lipinski definition) is 6. The number of anilines is 3. The maximum Gasteiger partial charge on any atom is 0.337 e. The van der Waals surface area contributed by atoms with Crippen molar-refractivity contribution in [3.63, 3.8) is 0 Å². The van der Waals surface area contributed by atoms with Gasteiger partial charge in [-0.2, -0.15) is 0 Å². The zero-order valence-electron chi connectivity index (χ0n) is 15.8. The van der Waals surface area contributed by atoms with E-state index >= 15 is 0 Å². The fourth-order valence-corrected chi connectivity index (χ4v) is 2.61. The summed E-state index contributed by atoms with van der Waals surface area (Å²) in [7, 11) is 1.34. The number of methoxy groups -OCH3 is 1. The average molecular weight is 376 g/mol. The van der Waals surface area contributed by atoms with Crippen LogP contribution in [0.25, 0.3) is 0 Å². The highest BCUT2D eigenvalue weighted by Crippen LogP contribution is 2.18. The van der Waals surface area contributed by atoms with Gasteiger partial charge in [0.05, 0.1) is 25.1 Å². The number of carbonyl (C=O) groups excluding carboxylic acids is 2. The number of carbonyl (C=O) groups is 2. The number of rotatable bonds is 5. The van der Waals surface area contributed by atoms with Gasteiger partial charge in [-0.25, -0.2) is 14.8 Å². The van der Waals surface area contributed by atoms with Crippen LogP contribution in [0.4, 0.5) is 17.2 Å². The summed E-state index contributed by atoms with van der Waals surface area (Å²) < 4.78 is 4.67. The summed E-state index contributed by atoms with van der Waals surface area (Å²) in [6.45, 7) is 3.94. The quantitative estimate of drug-likeness (QED) is 0.657. The highest BCUT2D eigenvalue weighted by atomic mass is 16.5. The fourth-order valence-electron chi connectivity index (χ4n) is 2.61. The van der Waals surface area contributed by atoms with Gasteiger partial charge in [0, 0.05) is 11.4 Å². The third-order valence-electron chi connectivity index (χ3n) is 4.09. The molecule has 7 nitrogen and oxygen atoms in total. The molecule has 1 aromatic heterocycles. The van der Waals surface area contributed by atoms with Crippen LogP contribution in [0.2, 0.25) is 0 Å². The van der Waals surface area contributed by atoms with Crippen molar-refractivity contribution in [2.45, 2.75) is 13.8 Å². The Morgan fingerprint density at radius 1 is 0.964 bits per heavy atom. The van der Waals surface area contributed by atoms with E-state index in [1.165, 1.54) is 19.5 Å². The van der Waals surface area contributed by atoms with Gasteiger partial charge in [0.15, 0.2) is 0 Å². The molecule has 0 saturated heterocycles. The van der Waals surface area contributed by atoms with Crippen molar-refractivity contribution in [2.24, 2.45) is 0 Å². The second-order valence-electron chi connectivity index (χ2n) is 6.25. The van der Waals surface area contributed by atoms with Gasteiger partial charge >= 0.3 is 5.97 Å². The van der Waals surface area contributed by atoms with E-state index < -0.39 is 5.97 Å². The highest BCUT2D eigenvalue weighted by molar-refractivity contribution is 6.03. The van der Waals surface area contributed by atoms with Crippen molar-refractivity contribution >= 4 is 29.1 Å². The van der Waals surface area contributed by atoms with Crippen LogP contribution in [0.3, 0.4) is 0 Å². The van der Waals surface area contributed by atoms with Gasteiger partial charge in [0.2, 0.25) is 0 Å². The topological polar surface area (TPSA) is 93.2 Å². The van der Waals surface area contributed by atoms with Crippen molar-refractivity contribution in [3.05, 3.63) is 77.2 Å². The van der Waals surface area contributed by atoms with Gasteiger partial charge in [-0.05, 0) is 49.7 Å². The van der Waals surface area contributed by atoms with Crippen LogP contribution in [-0.2, 0) is 4.74 Å². The Bertz CT molecular complexity index is 999. The SMILES string of the molecule is COC(=O)c1ccc(Nc2cnc(C(=O)Nc3ccc(C)cc3C)cn2)cc1. The molecule has 2 N–H and O–H groups in total. The molecule has 1 amide bonds. The molecule has 28 heavy (non-hydrogen) atoms. The highest BCUT2D eigenvalue weighted by Gasteiger charge is 2.10. The molecule has 0 bridgehead atoms. The first-order chi connectivity index (χ1) is 13.5. The minimum Gasteiger partial charge on any atom is -0.465 e. The van der Waals surface area contributed by atoms with Crippen LogP contribution in [0, 0.1) is 13.8 Å². The largest absolute Gasteiger partial charge is 0.465 e. The Labute approximate surface area is 162 Å². The average Bonchev–Trinajstić information content (AvgIpc) is 2.70. The second kappa shape index (κ2) is 8.30. The van der Waals surface area contributed by atoms with E-state index in [0.29, 0.717) is 11.4 Å². The van der Waals surface area contributed by atoms with Crippen molar-refractivity contribution in [1.29, 1.82) is 0 Å². The maximum atomic E-state index is 12.4. The van der Waals surface area contributed by atoms with Crippen LogP contribution >= 0.6 is 0 Å². The third-order valence-corrected chi connectivity index (χ3v) is 4.09. The Morgan fingerprint density at radius 3 is 2.32 bits per heavy atom. The molecule has 0 fully saturated rings. The lowest BCUT2D eigenvalue weighted by Gasteiger charge is -2.09. The Morgan fingerprint density at radius 2 is 1.71 bits per heavy atom. The molecule has 2 aromatic carbocycles. The standard InChI is InChI=1S/C21H20N4O3/c1-13-4-9-17(14(2)10-13)25-20(26)18-11-23-19(12-22-18)24-16-7-5-15(6-8-16)21(27)28-3/h4-12H,1-3H3,(H,23,24)(H,25,26). The molecule has 0 radical (unpaired) electrons. The van der Waals surface area contributed by atoms with Crippen LogP contribution in [-0.4, -0.2) is 29.0 Å². The third kappa shape index (κ3) is 4.50. The monoisotopic (exact) mass is 376 g/mol. The Kier molecular flexibility index (Phi) is 5.64. The Hall–Kier alpha value is -3.74. The Balaban J connectivity index is 1.65. The smallest absolute Gasteiger partial charge is 0.337 e. The molecule has 0 spiro atoms. The van der Waals surface area contributed by atoms with Gasteiger partial charge in [0.1, 0.15) is 11.5 Å². The second-order valence-corrected chi connectivity index (χ2v) is 6.25. The van der Waals surface area contributed by atoms with Crippen molar-refractivity contribution < 1.29 is 14.3 Å². The number of esters is 1. The summed E-state index contributed by atoms with van der Waals surface area (Å²) in [5.74, 6) is -0.243. The summed E-state index contributed by atoms with van der Waals surface area (Å²) in [5.41, 5.74) is 4.25. The molecule has 0 saturated carbocycles. The van der Waals surface area contributed by atoms with E-state index in [-0.39, 0.29) is 11.6 Å². The molecular weight excluding hydrogens is 356 g/mol. The number of ether oxygens (including phenoxy) is 1. The van der Waals surface area contributed by atoms with Crippen molar-refractivity contribution in [3.8, 4) is 0 Å². The summed E-state index contributed by atoms with van der Waals surface area (Å²) in [6, 6.07) is 12.6. The van der Waals surface area contributed by atoms with Gasteiger partial charge in [-0.15, -0.1) is 0 Å². The van der Waals surface area contributed by atoms with Crippen LogP contribution in [0.1, 0.15) is 32.0 Å². The van der Waals surface area contributed by atoms with E-state index in [1.807, 2.05) is 32.0 Å². The number of aromatic nitrogens is 2. The number of benzene rings is 2. The number of amides is 1. The molecule has 3 rings (SSSR count). The first-order valence-corrected chi connectivity index (χ1v) is 8.62. The zero-order chi connectivity index (χ0) is 20.1. The molecule has 0 aliphatic carbocycles. The molecule has 142 valence electrons. The lowest BCUT2D eigenvalue weighted by molar-refractivity contribution is 0.0600. The van der Waals surface area contributed by atoms with Crippen LogP contribution < -0.4 is 10.6 Å². The first-order valence-electron chi connectivity index (χ1n) is 8.62. The van der Waals surface area contributed by atoms with E-state index in [1.54, 1.807) is 24.3 Å². The molecule has 0 unspecified atom stereocenters. The number of hydrogen-bond donors (Lipinski definition) is 2. The minimum atomic E-state index is -0.398. The van der Waals surface area contributed by atoms with Crippen LogP contribution in [0.5, 0.6) is 0 Å². The summed E-state index contributed by atoms with van der Waals surface area (Å²) in [6.07, 6.45) is 2.88. The molecule has 1 heterocycles. The number of nitrogens with one attached hydrogen (secondary N) is 2. The van der Waals surface area contributed by atoms with Gasteiger partial charge < -0.3 is 15.4 Å². The summed E-state index contributed by atoms with van der Waals surface area (Å²) >= 11 is 0. The van der Waals surface area contributed by atoms with Crippen LogP contribution in [0.15, 0.2) is 54.9 Å². The summed E-state index contributed by atoms with van der Waals surface area (Å²) in [5, 5.41) is 5.90. The van der Waals surface area contributed by atoms with Gasteiger partial charge in [-0.3, -0.25) is 4.79 Å². The number of nitrogens with zero attached hydrogens (tertiary/aromatic N) is 2. The summed E-state index contributed by atoms with van der Waals surface area (Å²) in [4.78, 5) is 32.2. The van der Waals surface area contributed by atoms with E-state index in [0.717, 1.165) is 22.5 Å². The molecule has 3 aromatic rings. The van der Waals surface area contributed by atoms with Gasteiger partial charge in [-0.1, -0.05) is 17.7 Å². The lowest BCUT2D eigenvalue weighted by atomic mass is 10.1. The fraction of sp³-hybridized carbons (Fsp3) is 0.143. The van der Waals surface area contributed by atoms with E-state index in [4.69, 9.17) is 0 Å². The number of aryl methyl sites for hydroxylation is 2. The molecule has 0 aliphatic heterocycles. The van der Waals surface area contributed by atoms with Crippen molar-refractivity contribution in [1.82, 2.24) is 9.97 Å². The van der Waals surface area contributed by atoms with E-state index in [2.05, 4.69) is 25.3 Å². The molecule has 0 atom stereocenters. The zero-order valence-corrected chi connectivity index (χ0v) is 15.8. The maximum absolute atomic E-state index is 12.4. The van der Waals surface area contributed by atoms with E-state index in [9.17, 15) is 9.59 Å². The normalized spacial score (nSPS) is 10.2. The molecule has 7 heteroatoms. The predicted octanol–water partition coefficient (Wildman–Crippen LogP) is 3.88. The minimum absolute atomic E-state index is 0.214. The molecule has 0 aliphatic rings. The van der Waals surface area contributed by atoms with Crippen molar-refractivity contribution in [2.75, 3.05) is 17.7 Å². The van der Waals surface area contributed by atoms with Gasteiger partial charge in [0.25, 0.3) is 5.91 Å². The molecular formula is C21H20N4O3. The predicted molar refractivity (Wildman–Crippen MR) is 107 cm³/mol.